The molecule has 0 heterocycles. The molecular weight excluding hydrogens is 260 g/mol. The van der Waals surface area contributed by atoms with Gasteiger partial charge >= 0.3 is 0 Å². The molecule has 2 nitrogen and oxygen atoms in total. The molecule has 0 aromatic rings. The highest BCUT2D eigenvalue weighted by molar-refractivity contribution is 4.98. The van der Waals surface area contributed by atoms with Crippen LogP contribution in [0.15, 0.2) is 24.0 Å². The number of hydrogen-bond donors (Lipinski definition) is 2. The van der Waals surface area contributed by atoms with E-state index < -0.39 is 0 Å². The fraction of sp³-hybridized carbons (Fsp3) is 0.789. The molecule has 0 aliphatic heterocycles. The quantitative estimate of drug-likeness (QED) is 0.257. The van der Waals surface area contributed by atoms with Gasteiger partial charge < -0.3 is 10.2 Å². The summed E-state index contributed by atoms with van der Waals surface area (Å²) in [6.07, 6.45) is 12.7. The lowest BCUT2D eigenvalue weighted by Crippen LogP contribution is -1.97. The number of aliphatic hydroxyl groups is 2. The predicted molar refractivity (Wildman–Crippen MR) is 92.5 cm³/mol. The zero-order chi connectivity index (χ0) is 16.1. The van der Waals surface area contributed by atoms with Gasteiger partial charge in [-0.2, -0.15) is 0 Å². The fourth-order valence-electron chi connectivity index (χ4n) is 2.50. The molecule has 2 heteroatoms. The van der Waals surface area contributed by atoms with Crippen molar-refractivity contribution in [1.29, 1.82) is 0 Å². The van der Waals surface area contributed by atoms with Crippen molar-refractivity contribution in [2.24, 2.45) is 11.8 Å². The lowest BCUT2D eigenvalue weighted by Gasteiger charge is -2.11. The number of aliphatic hydroxyl groups excluding tert-OH is 2. The summed E-state index contributed by atoms with van der Waals surface area (Å²) in [4.78, 5) is 0. The molecule has 0 radical (unpaired) electrons. The Morgan fingerprint density at radius 2 is 1.76 bits per heavy atom. The maximum absolute atomic E-state index is 9.27. The molecule has 0 rings (SSSR count). The first-order valence-corrected chi connectivity index (χ1v) is 8.61. The molecule has 0 aromatic heterocycles. The van der Waals surface area contributed by atoms with Crippen LogP contribution in [0.3, 0.4) is 0 Å². The first-order chi connectivity index (χ1) is 9.97. The van der Waals surface area contributed by atoms with Crippen LogP contribution in [0.2, 0.25) is 0 Å². The normalized spacial score (nSPS) is 15.0. The summed E-state index contributed by atoms with van der Waals surface area (Å²) in [6.45, 7) is 10.5. The lowest BCUT2D eigenvalue weighted by molar-refractivity contribution is 0.280. The molecule has 0 aliphatic carbocycles. The Morgan fingerprint density at radius 1 is 1.05 bits per heavy atom. The van der Waals surface area contributed by atoms with E-state index in [1.54, 1.807) is 0 Å². The largest absolute Gasteiger partial charge is 0.513 e. The smallest absolute Gasteiger partial charge is 0.0879 e. The Morgan fingerprint density at radius 3 is 2.38 bits per heavy atom. The van der Waals surface area contributed by atoms with Crippen molar-refractivity contribution in [3.8, 4) is 0 Å². The summed E-state index contributed by atoms with van der Waals surface area (Å²) in [5, 5.41) is 18.0. The predicted octanol–water partition coefficient (Wildman–Crippen LogP) is 5.78. The van der Waals surface area contributed by atoms with Crippen LogP contribution in [0, 0.1) is 11.8 Å². The second-order valence-electron chi connectivity index (χ2n) is 6.59. The van der Waals surface area contributed by atoms with E-state index in [0.29, 0.717) is 12.4 Å². The van der Waals surface area contributed by atoms with Gasteiger partial charge in [0.15, 0.2) is 0 Å². The Kier molecular flexibility index (Phi) is 12.5. The van der Waals surface area contributed by atoms with Crippen molar-refractivity contribution in [2.45, 2.75) is 78.6 Å². The van der Waals surface area contributed by atoms with Crippen LogP contribution in [-0.2, 0) is 0 Å². The van der Waals surface area contributed by atoms with Gasteiger partial charge in [-0.3, -0.25) is 0 Å². The van der Waals surface area contributed by atoms with Crippen LogP contribution in [0.4, 0.5) is 0 Å². The maximum atomic E-state index is 9.27. The molecule has 21 heavy (non-hydrogen) atoms. The molecule has 0 fully saturated rings. The first-order valence-electron chi connectivity index (χ1n) is 8.61. The van der Waals surface area contributed by atoms with E-state index in [4.69, 9.17) is 5.11 Å². The van der Waals surface area contributed by atoms with Gasteiger partial charge in [0, 0.05) is 12.5 Å². The fourth-order valence-corrected chi connectivity index (χ4v) is 2.50. The van der Waals surface area contributed by atoms with Gasteiger partial charge in [0.1, 0.15) is 0 Å². The van der Waals surface area contributed by atoms with Crippen LogP contribution in [0.5, 0.6) is 0 Å². The van der Waals surface area contributed by atoms with Gasteiger partial charge in [-0.05, 0) is 51.4 Å². The topological polar surface area (TPSA) is 40.5 Å². The molecule has 0 saturated carbocycles. The molecule has 0 aliphatic rings. The van der Waals surface area contributed by atoms with Crippen LogP contribution in [0.25, 0.3) is 0 Å². The molecule has 0 aromatic carbocycles. The van der Waals surface area contributed by atoms with Crippen molar-refractivity contribution < 1.29 is 10.2 Å². The average Bonchev–Trinajstić information content (AvgIpc) is 2.43. The van der Waals surface area contributed by atoms with E-state index in [2.05, 4.69) is 26.5 Å². The Bertz CT molecular complexity index is 294. The molecule has 0 spiro atoms. The zero-order valence-electron chi connectivity index (χ0n) is 14.4. The van der Waals surface area contributed by atoms with Gasteiger partial charge in [-0.25, -0.2) is 0 Å². The average molecular weight is 296 g/mol. The van der Waals surface area contributed by atoms with E-state index in [1.807, 2.05) is 6.92 Å². The Hall–Kier alpha value is -0.760. The number of hydrogen-bond acceptors (Lipinski definition) is 2. The van der Waals surface area contributed by atoms with Gasteiger partial charge in [-0.1, -0.05) is 51.3 Å². The molecule has 0 bridgehead atoms. The molecule has 0 saturated heterocycles. The van der Waals surface area contributed by atoms with Crippen LogP contribution < -0.4 is 0 Å². The summed E-state index contributed by atoms with van der Waals surface area (Å²) in [7, 11) is 0. The lowest BCUT2D eigenvalue weighted by atomic mass is 9.96. The van der Waals surface area contributed by atoms with Crippen molar-refractivity contribution in [3.63, 3.8) is 0 Å². The number of rotatable bonds is 13. The van der Waals surface area contributed by atoms with E-state index in [1.165, 1.54) is 31.3 Å². The van der Waals surface area contributed by atoms with E-state index >= 15 is 0 Å². The number of unbranched alkanes of at least 4 members (excludes halogenated alkanes) is 2. The molecule has 2 N–H and O–H groups in total. The molecule has 2 unspecified atom stereocenters. The first kappa shape index (κ1) is 20.2. The minimum Gasteiger partial charge on any atom is -0.513 e. The minimum atomic E-state index is 0.219. The summed E-state index contributed by atoms with van der Waals surface area (Å²) in [6, 6.07) is 0. The zero-order valence-corrected chi connectivity index (χ0v) is 14.4. The van der Waals surface area contributed by atoms with Gasteiger partial charge in [-0.15, -0.1) is 0 Å². The van der Waals surface area contributed by atoms with E-state index in [9.17, 15) is 5.11 Å². The third-order valence-electron chi connectivity index (χ3n) is 4.28. The highest BCUT2D eigenvalue weighted by Gasteiger charge is 2.05. The molecule has 0 amide bonds. The van der Waals surface area contributed by atoms with Crippen molar-refractivity contribution in [3.05, 3.63) is 24.0 Å². The summed E-state index contributed by atoms with van der Waals surface area (Å²) < 4.78 is 0. The van der Waals surface area contributed by atoms with E-state index in [-0.39, 0.29) is 5.92 Å². The molecule has 2 atom stereocenters. The summed E-state index contributed by atoms with van der Waals surface area (Å²) >= 11 is 0. The maximum Gasteiger partial charge on any atom is 0.0879 e. The third-order valence-corrected chi connectivity index (χ3v) is 4.28. The minimum absolute atomic E-state index is 0.219. The summed E-state index contributed by atoms with van der Waals surface area (Å²) in [5.41, 5.74) is 1.47. The summed E-state index contributed by atoms with van der Waals surface area (Å²) in [5.74, 6) is 1.31. The Balaban J connectivity index is 3.64. The standard InChI is InChI=1S/C19H36O2/c1-16(10-6-5-7-15-20)11-8-12-17(2)13-9-14-18(3)19(4)21/h12,16,18,20-21H,4-11,13-15H2,1-3H3/b17-12+. The van der Waals surface area contributed by atoms with Crippen LogP contribution in [0.1, 0.15) is 78.6 Å². The van der Waals surface area contributed by atoms with Crippen molar-refractivity contribution >= 4 is 0 Å². The van der Waals surface area contributed by atoms with E-state index in [0.717, 1.165) is 38.0 Å². The molecule has 124 valence electrons. The second kappa shape index (κ2) is 12.9. The monoisotopic (exact) mass is 296 g/mol. The van der Waals surface area contributed by atoms with Gasteiger partial charge in [0.25, 0.3) is 0 Å². The second-order valence-corrected chi connectivity index (χ2v) is 6.59. The SMILES string of the molecule is C=C(O)C(C)CCC/C(C)=C/CCC(C)CCCCCO. The number of allylic oxidation sites excluding steroid dienone is 3. The van der Waals surface area contributed by atoms with Crippen LogP contribution in [-0.4, -0.2) is 16.8 Å². The molecular formula is C19H36O2. The van der Waals surface area contributed by atoms with Crippen molar-refractivity contribution in [2.75, 3.05) is 6.61 Å². The van der Waals surface area contributed by atoms with Gasteiger partial charge in [0.05, 0.1) is 5.76 Å². The van der Waals surface area contributed by atoms with Gasteiger partial charge in [0.2, 0.25) is 0 Å². The third kappa shape index (κ3) is 12.7. The van der Waals surface area contributed by atoms with Crippen LogP contribution >= 0.6 is 0 Å². The van der Waals surface area contributed by atoms with Crippen molar-refractivity contribution in [1.82, 2.24) is 0 Å². The highest BCUT2D eigenvalue weighted by atomic mass is 16.3. The Labute approximate surface area is 132 Å². The highest BCUT2D eigenvalue weighted by Crippen LogP contribution is 2.19.